The van der Waals surface area contributed by atoms with Gasteiger partial charge in [0.15, 0.2) is 6.10 Å². The number of amides is 2. The minimum atomic E-state index is -1.05. The standard InChI is InChI=1S/C12H20N2O5/c1-4-14(7-10(15)13(2)3)11(16)8-5-6-9(19-8)12(17)18/h8-9H,4-7H2,1-3H3,(H,17,18)/t8-,9+/m0/s1. The molecule has 7 heteroatoms. The van der Waals surface area contributed by atoms with Crippen molar-refractivity contribution < 1.29 is 24.2 Å². The first-order valence-electron chi connectivity index (χ1n) is 6.24. The summed E-state index contributed by atoms with van der Waals surface area (Å²) in [4.78, 5) is 37.3. The Labute approximate surface area is 112 Å². The van der Waals surface area contributed by atoms with Crippen LogP contribution in [-0.4, -0.2) is 72.1 Å². The van der Waals surface area contributed by atoms with Crippen molar-refractivity contribution in [2.45, 2.75) is 32.0 Å². The molecule has 0 aromatic heterocycles. The number of carbonyl (C=O) groups is 3. The first kappa shape index (κ1) is 15.4. The lowest BCUT2D eigenvalue weighted by atomic mass is 10.2. The Bertz CT molecular complexity index is 369. The number of rotatable bonds is 5. The molecule has 0 saturated carbocycles. The number of likely N-dealkylation sites (N-methyl/N-ethyl adjacent to an activating group) is 2. The molecule has 0 aliphatic carbocycles. The Morgan fingerprint density at radius 3 is 2.21 bits per heavy atom. The minimum Gasteiger partial charge on any atom is -0.479 e. The first-order chi connectivity index (χ1) is 8.86. The summed E-state index contributed by atoms with van der Waals surface area (Å²) in [5.74, 6) is -1.55. The second kappa shape index (κ2) is 6.51. The highest BCUT2D eigenvalue weighted by molar-refractivity contribution is 5.87. The van der Waals surface area contributed by atoms with Crippen LogP contribution in [0.3, 0.4) is 0 Å². The van der Waals surface area contributed by atoms with E-state index in [1.165, 1.54) is 9.80 Å². The predicted molar refractivity (Wildman–Crippen MR) is 66.5 cm³/mol. The average molecular weight is 272 g/mol. The van der Waals surface area contributed by atoms with Crippen LogP contribution >= 0.6 is 0 Å². The second-order valence-electron chi connectivity index (χ2n) is 4.67. The van der Waals surface area contributed by atoms with Gasteiger partial charge in [0.1, 0.15) is 6.10 Å². The molecule has 1 aliphatic heterocycles. The molecule has 0 bridgehead atoms. The van der Waals surface area contributed by atoms with E-state index in [1.54, 1.807) is 21.0 Å². The number of carbonyl (C=O) groups excluding carboxylic acids is 2. The highest BCUT2D eigenvalue weighted by Crippen LogP contribution is 2.21. The third-order valence-electron chi connectivity index (χ3n) is 3.09. The van der Waals surface area contributed by atoms with E-state index in [1.807, 2.05) is 0 Å². The van der Waals surface area contributed by atoms with E-state index in [0.29, 0.717) is 19.4 Å². The van der Waals surface area contributed by atoms with Crippen molar-refractivity contribution in [3.05, 3.63) is 0 Å². The van der Waals surface area contributed by atoms with E-state index >= 15 is 0 Å². The third-order valence-corrected chi connectivity index (χ3v) is 3.09. The Morgan fingerprint density at radius 2 is 1.79 bits per heavy atom. The zero-order valence-electron chi connectivity index (χ0n) is 11.5. The van der Waals surface area contributed by atoms with Crippen molar-refractivity contribution >= 4 is 17.8 Å². The summed E-state index contributed by atoms with van der Waals surface area (Å²) in [6, 6.07) is 0. The lowest BCUT2D eigenvalue weighted by Crippen LogP contribution is -2.44. The van der Waals surface area contributed by atoms with Crippen LogP contribution < -0.4 is 0 Å². The van der Waals surface area contributed by atoms with Crippen LogP contribution in [-0.2, 0) is 19.1 Å². The van der Waals surface area contributed by atoms with Gasteiger partial charge >= 0.3 is 5.97 Å². The van der Waals surface area contributed by atoms with Crippen molar-refractivity contribution in [2.24, 2.45) is 0 Å². The Balaban J connectivity index is 2.60. The molecule has 1 N–H and O–H groups in total. The van der Waals surface area contributed by atoms with Crippen molar-refractivity contribution in [3.8, 4) is 0 Å². The quantitative estimate of drug-likeness (QED) is 0.733. The molecule has 1 heterocycles. The molecular formula is C12H20N2O5. The molecule has 1 saturated heterocycles. The molecule has 0 radical (unpaired) electrons. The topological polar surface area (TPSA) is 87.2 Å². The van der Waals surface area contributed by atoms with Crippen molar-refractivity contribution in [1.29, 1.82) is 0 Å². The Morgan fingerprint density at radius 1 is 1.21 bits per heavy atom. The Hall–Kier alpha value is -1.63. The molecular weight excluding hydrogens is 252 g/mol. The zero-order chi connectivity index (χ0) is 14.6. The maximum Gasteiger partial charge on any atom is 0.332 e. The summed E-state index contributed by atoms with van der Waals surface area (Å²) in [6.07, 6.45) is -0.971. The van der Waals surface area contributed by atoms with Crippen molar-refractivity contribution in [3.63, 3.8) is 0 Å². The number of hydrogen-bond donors (Lipinski definition) is 1. The van der Waals surface area contributed by atoms with Crippen LogP contribution in [0.15, 0.2) is 0 Å². The molecule has 1 rings (SSSR count). The SMILES string of the molecule is CCN(CC(=O)N(C)C)C(=O)[C@@H]1CC[C@H](C(=O)O)O1. The fourth-order valence-electron chi connectivity index (χ4n) is 1.85. The van der Waals surface area contributed by atoms with E-state index in [2.05, 4.69) is 0 Å². The number of aliphatic carboxylic acids is 1. The first-order valence-corrected chi connectivity index (χ1v) is 6.24. The lowest BCUT2D eigenvalue weighted by Gasteiger charge is -2.24. The summed E-state index contributed by atoms with van der Waals surface area (Å²) in [5, 5.41) is 8.82. The summed E-state index contributed by atoms with van der Waals surface area (Å²) >= 11 is 0. The van der Waals surface area contributed by atoms with Crippen LogP contribution in [0, 0.1) is 0 Å². The van der Waals surface area contributed by atoms with Gasteiger partial charge in [0, 0.05) is 20.6 Å². The predicted octanol–water partition coefficient (Wildman–Crippen LogP) is -0.445. The highest BCUT2D eigenvalue weighted by atomic mass is 16.5. The molecule has 1 fully saturated rings. The monoisotopic (exact) mass is 272 g/mol. The third kappa shape index (κ3) is 3.92. The van der Waals surface area contributed by atoms with Gasteiger partial charge in [-0.3, -0.25) is 9.59 Å². The van der Waals surface area contributed by atoms with Crippen LogP contribution in [0.5, 0.6) is 0 Å². The fourth-order valence-corrected chi connectivity index (χ4v) is 1.85. The minimum absolute atomic E-state index is 0.0140. The zero-order valence-corrected chi connectivity index (χ0v) is 11.5. The fraction of sp³-hybridized carbons (Fsp3) is 0.750. The van der Waals surface area contributed by atoms with Gasteiger partial charge in [-0.05, 0) is 19.8 Å². The van der Waals surface area contributed by atoms with Gasteiger partial charge in [-0.1, -0.05) is 0 Å². The van der Waals surface area contributed by atoms with Gasteiger partial charge < -0.3 is 19.6 Å². The summed E-state index contributed by atoms with van der Waals surface area (Å²) in [5.41, 5.74) is 0. The molecule has 0 aromatic carbocycles. The largest absolute Gasteiger partial charge is 0.479 e. The molecule has 1 aliphatic rings. The van der Waals surface area contributed by atoms with Crippen LogP contribution in [0.1, 0.15) is 19.8 Å². The Kier molecular flexibility index (Phi) is 5.29. The van der Waals surface area contributed by atoms with E-state index in [9.17, 15) is 14.4 Å². The number of hydrogen-bond acceptors (Lipinski definition) is 4. The van der Waals surface area contributed by atoms with Gasteiger partial charge in [0.2, 0.25) is 5.91 Å². The summed E-state index contributed by atoms with van der Waals surface area (Å²) < 4.78 is 5.19. The molecule has 2 atom stereocenters. The molecule has 2 amide bonds. The normalized spacial score (nSPS) is 22.1. The molecule has 0 unspecified atom stereocenters. The van der Waals surface area contributed by atoms with Gasteiger partial charge in [0.25, 0.3) is 5.91 Å². The van der Waals surface area contributed by atoms with Crippen LogP contribution in [0.4, 0.5) is 0 Å². The number of carboxylic acids is 1. The maximum absolute atomic E-state index is 12.1. The summed E-state index contributed by atoms with van der Waals surface area (Å²) in [6.45, 7) is 2.14. The average Bonchev–Trinajstić information content (AvgIpc) is 2.84. The lowest BCUT2D eigenvalue weighted by molar-refractivity contribution is -0.156. The second-order valence-corrected chi connectivity index (χ2v) is 4.67. The van der Waals surface area contributed by atoms with Crippen molar-refractivity contribution in [1.82, 2.24) is 9.80 Å². The maximum atomic E-state index is 12.1. The highest BCUT2D eigenvalue weighted by Gasteiger charge is 2.36. The number of ether oxygens (including phenoxy) is 1. The van der Waals surface area contributed by atoms with E-state index < -0.39 is 18.2 Å². The van der Waals surface area contributed by atoms with E-state index in [-0.39, 0.29) is 18.4 Å². The van der Waals surface area contributed by atoms with Crippen molar-refractivity contribution in [2.75, 3.05) is 27.2 Å². The van der Waals surface area contributed by atoms with E-state index in [4.69, 9.17) is 9.84 Å². The number of nitrogens with zero attached hydrogens (tertiary/aromatic N) is 2. The molecule has 108 valence electrons. The van der Waals surface area contributed by atoms with Gasteiger partial charge in [-0.2, -0.15) is 0 Å². The van der Waals surface area contributed by atoms with E-state index in [0.717, 1.165) is 0 Å². The van der Waals surface area contributed by atoms with Crippen LogP contribution in [0.25, 0.3) is 0 Å². The summed E-state index contributed by atoms with van der Waals surface area (Å²) in [7, 11) is 3.24. The van der Waals surface area contributed by atoms with Gasteiger partial charge in [-0.25, -0.2) is 4.79 Å². The molecule has 7 nitrogen and oxygen atoms in total. The van der Waals surface area contributed by atoms with Gasteiger partial charge in [0.05, 0.1) is 6.54 Å². The smallest absolute Gasteiger partial charge is 0.332 e. The molecule has 0 spiro atoms. The molecule has 19 heavy (non-hydrogen) atoms. The van der Waals surface area contributed by atoms with Gasteiger partial charge in [-0.15, -0.1) is 0 Å². The van der Waals surface area contributed by atoms with Crippen LogP contribution in [0.2, 0.25) is 0 Å². The number of carboxylic acid groups (broad SMARTS) is 1. The molecule has 0 aromatic rings.